The second-order valence-electron chi connectivity index (χ2n) is 5.14. The number of nitrogens with one attached hydrogen (secondary N) is 1. The first-order valence-electron chi connectivity index (χ1n) is 6.34. The Morgan fingerprint density at radius 2 is 2.12 bits per heavy atom. The van der Waals surface area contributed by atoms with E-state index < -0.39 is 0 Å². The van der Waals surface area contributed by atoms with Crippen molar-refractivity contribution >= 4 is 28.9 Å². The molecular weight excluding hydrogens is 253 g/mol. The number of anilines is 1. The summed E-state index contributed by atoms with van der Waals surface area (Å²) in [6.45, 7) is 3.37. The number of hydrogen-bond donors (Lipinski definition) is 1. The zero-order chi connectivity index (χ0) is 12.3. The fourth-order valence-corrected chi connectivity index (χ4v) is 3.11. The van der Waals surface area contributed by atoms with Gasteiger partial charge in [-0.3, -0.25) is 0 Å². The van der Waals surface area contributed by atoms with Crippen molar-refractivity contribution in [1.82, 2.24) is 0 Å². The van der Waals surface area contributed by atoms with Crippen LogP contribution >= 0.6 is 23.2 Å². The lowest BCUT2D eigenvalue weighted by Gasteiger charge is -2.27. The van der Waals surface area contributed by atoms with Crippen molar-refractivity contribution in [2.75, 3.05) is 11.9 Å². The van der Waals surface area contributed by atoms with Crippen molar-refractivity contribution in [3.05, 3.63) is 28.2 Å². The Morgan fingerprint density at radius 1 is 1.29 bits per heavy atom. The first-order chi connectivity index (χ1) is 8.15. The van der Waals surface area contributed by atoms with Gasteiger partial charge in [-0.25, -0.2) is 0 Å². The summed E-state index contributed by atoms with van der Waals surface area (Å²) >= 11 is 12.0. The molecule has 0 amide bonds. The fraction of sp³-hybridized carbons (Fsp3) is 0.571. The Bertz CT molecular complexity index is 378. The first-order valence-corrected chi connectivity index (χ1v) is 7.09. The van der Waals surface area contributed by atoms with Gasteiger partial charge in [-0.05, 0) is 42.9 Å². The van der Waals surface area contributed by atoms with Crippen LogP contribution in [0.3, 0.4) is 0 Å². The summed E-state index contributed by atoms with van der Waals surface area (Å²) in [5.74, 6) is 1.65. The maximum Gasteiger partial charge on any atom is 0.0652 e. The average molecular weight is 272 g/mol. The molecule has 1 saturated carbocycles. The summed E-state index contributed by atoms with van der Waals surface area (Å²) in [6, 6.07) is 5.62. The van der Waals surface area contributed by atoms with E-state index in [4.69, 9.17) is 23.2 Å². The summed E-state index contributed by atoms with van der Waals surface area (Å²) in [7, 11) is 0. The molecule has 0 spiro atoms. The third kappa shape index (κ3) is 3.79. The van der Waals surface area contributed by atoms with Gasteiger partial charge in [0.1, 0.15) is 0 Å². The molecule has 2 atom stereocenters. The second kappa shape index (κ2) is 5.97. The molecule has 0 saturated heterocycles. The number of halogens is 2. The van der Waals surface area contributed by atoms with Crippen molar-refractivity contribution in [3.63, 3.8) is 0 Å². The Kier molecular flexibility index (Phi) is 4.58. The van der Waals surface area contributed by atoms with Crippen LogP contribution in [0.15, 0.2) is 18.2 Å². The zero-order valence-corrected chi connectivity index (χ0v) is 11.7. The van der Waals surface area contributed by atoms with E-state index in [0.717, 1.165) is 24.1 Å². The normalized spacial score (nSPS) is 24.6. The highest BCUT2D eigenvalue weighted by atomic mass is 35.5. The Hall–Kier alpha value is -0.400. The minimum Gasteiger partial charge on any atom is -0.384 e. The molecule has 0 aromatic heterocycles. The van der Waals surface area contributed by atoms with Gasteiger partial charge in [0.2, 0.25) is 0 Å². The van der Waals surface area contributed by atoms with E-state index in [1.54, 1.807) is 6.07 Å². The van der Waals surface area contributed by atoms with Crippen LogP contribution in [-0.4, -0.2) is 6.54 Å². The minimum absolute atomic E-state index is 0.687. The van der Waals surface area contributed by atoms with Gasteiger partial charge >= 0.3 is 0 Å². The molecule has 0 radical (unpaired) electrons. The molecule has 17 heavy (non-hydrogen) atoms. The summed E-state index contributed by atoms with van der Waals surface area (Å²) in [5.41, 5.74) is 0.995. The molecule has 1 N–H and O–H groups in total. The van der Waals surface area contributed by atoms with E-state index >= 15 is 0 Å². The van der Waals surface area contributed by atoms with Crippen LogP contribution in [0.4, 0.5) is 5.69 Å². The highest BCUT2D eigenvalue weighted by Crippen LogP contribution is 2.30. The summed E-state index contributed by atoms with van der Waals surface area (Å²) in [6.07, 6.45) is 5.42. The third-order valence-corrected chi connectivity index (χ3v) is 4.11. The van der Waals surface area contributed by atoms with Crippen molar-refractivity contribution in [2.24, 2.45) is 11.8 Å². The van der Waals surface area contributed by atoms with Crippen LogP contribution in [0.25, 0.3) is 0 Å². The molecule has 1 aliphatic rings. The highest BCUT2D eigenvalue weighted by molar-refractivity contribution is 6.36. The molecule has 2 rings (SSSR count). The Morgan fingerprint density at radius 3 is 2.82 bits per heavy atom. The van der Waals surface area contributed by atoms with E-state index in [1.165, 1.54) is 25.7 Å². The van der Waals surface area contributed by atoms with E-state index in [-0.39, 0.29) is 0 Å². The quantitative estimate of drug-likeness (QED) is 0.794. The van der Waals surface area contributed by atoms with Gasteiger partial charge in [0.15, 0.2) is 0 Å². The molecule has 1 fully saturated rings. The van der Waals surface area contributed by atoms with E-state index in [9.17, 15) is 0 Å². The second-order valence-corrected chi connectivity index (χ2v) is 5.99. The topological polar surface area (TPSA) is 12.0 Å². The van der Waals surface area contributed by atoms with Crippen molar-refractivity contribution < 1.29 is 0 Å². The van der Waals surface area contributed by atoms with Gasteiger partial charge in [-0.1, -0.05) is 43.0 Å². The van der Waals surface area contributed by atoms with Crippen LogP contribution in [0.5, 0.6) is 0 Å². The molecule has 1 nitrogen and oxygen atoms in total. The smallest absolute Gasteiger partial charge is 0.0652 e. The third-order valence-electron chi connectivity index (χ3n) is 3.56. The lowest BCUT2D eigenvalue weighted by molar-refractivity contribution is 0.293. The van der Waals surface area contributed by atoms with Crippen LogP contribution < -0.4 is 5.32 Å². The average Bonchev–Trinajstić information content (AvgIpc) is 2.28. The Labute approximate surface area is 114 Å². The minimum atomic E-state index is 0.687. The van der Waals surface area contributed by atoms with Gasteiger partial charge in [0, 0.05) is 11.6 Å². The first kappa shape index (κ1) is 13.0. The van der Waals surface area contributed by atoms with Gasteiger partial charge in [0.25, 0.3) is 0 Å². The standard InChI is InChI=1S/C14H19Cl2N/c1-10-3-2-4-11(7-10)9-17-14-6-5-12(15)8-13(14)16/h5-6,8,10-11,17H,2-4,7,9H2,1H3. The monoisotopic (exact) mass is 271 g/mol. The molecule has 0 bridgehead atoms. The SMILES string of the molecule is CC1CCCC(CNc2ccc(Cl)cc2Cl)C1. The van der Waals surface area contributed by atoms with E-state index in [0.29, 0.717) is 10.0 Å². The lowest BCUT2D eigenvalue weighted by Crippen LogP contribution is -2.21. The van der Waals surface area contributed by atoms with Gasteiger partial charge in [-0.2, -0.15) is 0 Å². The van der Waals surface area contributed by atoms with Crippen LogP contribution in [0.1, 0.15) is 32.6 Å². The predicted molar refractivity (Wildman–Crippen MR) is 76.1 cm³/mol. The van der Waals surface area contributed by atoms with Crippen molar-refractivity contribution in [3.8, 4) is 0 Å². The number of benzene rings is 1. The molecular formula is C14H19Cl2N. The van der Waals surface area contributed by atoms with Gasteiger partial charge in [0.05, 0.1) is 10.7 Å². The van der Waals surface area contributed by atoms with Gasteiger partial charge in [-0.15, -0.1) is 0 Å². The van der Waals surface area contributed by atoms with E-state index in [1.807, 2.05) is 12.1 Å². The van der Waals surface area contributed by atoms with Crippen LogP contribution in [-0.2, 0) is 0 Å². The number of hydrogen-bond acceptors (Lipinski definition) is 1. The lowest BCUT2D eigenvalue weighted by atomic mass is 9.82. The predicted octanol–water partition coefficient (Wildman–Crippen LogP) is 5.23. The zero-order valence-electron chi connectivity index (χ0n) is 10.2. The van der Waals surface area contributed by atoms with Gasteiger partial charge < -0.3 is 5.32 Å². The molecule has 2 unspecified atom stereocenters. The maximum absolute atomic E-state index is 6.13. The molecule has 1 aromatic carbocycles. The van der Waals surface area contributed by atoms with Crippen molar-refractivity contribution in [2.45, 2.75) is 32.6 Å². The molecule has 94 valence electrons. The van der Waals surface area contributed by atoms with Crippen LogP contribution in [0, 0.1) is 11.8 Å². The largest absolute Gasteiger partial charge is 0.384 e. The molecule has 1 aliphatic carbocycles. The summed E-state index contributed by atoms with van der Waals surface area (Å²) in [5, 5.41) is 4.84. The van der Waals surface area contributed by atoms with E-state index in [2.05, 4.69) is 12.2 Å². The maximum atomic E-state index is 6.13. The fourth-order valence-electron chi connectivity index (χ4n) is 2.63. The van der Waals surface area contributed by atoms with Crippen molar-refractivity contribution in [1.29, 1.82) is 0 Å². The van der Waals surface area contributed by atoms with Crippen LogP contribution in [0.2, 0.25) is 10.0 Å². The molecule has 0 aliphatic heterocycles. The Balaban J connectivity index is 1.88. The highest BCUT2D eigenvalue weighted by Gasteiger charge is 2.18. The summed E-state index contributed by atoms with van der Waals surface area (Å²) < 4.78 is 0. The molecule has 3 heteroatoms. The summed E-state index contributed by atoms with van der Waals surface area (Å²) in [4.78, 5) is 0. The molecule has 1 aromatic rings. The molecule has 0 heterocycles. The number of rotatable bonds is 3.